The molecule has 0 radical (unpaired) electrons. The Hall–Kier alpha value is -1.66. The predicted molar refractivity (Wildman–Crippen MR) is 70.7 cm³/mol. The number of amides is 1. The first-order valence-electron chi connectivity index (χ1n) is 5.25. The van der Waals surface area contributed by atoms with Crippen LogP contribution in [-0.4, -0.2) is 23.4 Å². The molecule has 1 aromatic carbocycles. The SMILES string of the molecule is C[C@H](CN)NC(=O)Cc1cccc([N+](=O)[O-])c1.Cl. The highest BCUT2D eigenvalue weighted by atomic mass is 35.5. The van der Waals surface area contributed by atoms with Gasteiger partial charge in [0.2, 0.25) is 5.91 Å². The Kier molecular flexibility index (Phi) is 6.92. The number of carbonyl (C=O) groups is 1. The van der Waals surface area contributed by atoms with Gasteiger partial charge in [0.25, 0.3) is 5.69 Å². The van der Waals surface area contributed by atoms with E-state index in [1.54, 1.807) is 19.1 Å². The maximum absolute atomic E-state index is 11.5. The molecule has 0 aliphatic carbocycles. The van der Waals surface area contributed by atoms with Crippen LogP contribution < -0.4 is 11.1 Å². The fourth-order valence-electron chi connectivity index (χ4n) is 1.35. The number of halogens is 1. The summed E-state index contributed by atoms with van der Waals surface area (Å²) in [5.74, 6) is -0.191. The summed E-state index contributed by atoms with van der Waals surface area (Å²) >= 11 is 0. The van der Waals surface area contributed by atoms with Crippen LogP contribution in [0.2, 0.25) is 0 Å². The zero-order valence-corrected chi connectivity index (χ0v) is 10.8. The van der Waals surface area contributed by atoms with Gasteiger partial charge in [0.15, 0.2) is 0 Å². The standard InChI is InChI=1S/C11H15N3O3.ClH/c1-8(7-12)13-11(15)6-9-3-2-4-10(5-9)14(16)17;/h2-5,8H,6-7,12H2,1H3,(H,13,15);1H/t8-;/m1./s1. The molecule has 1 aromatic rings. The number of nitrogens with one attached hydrogen (secondary N) is 1. The molecule has 1 rings (SSSR count). The minimum absolute atomic E-state index is 0. The number of non-ortho nitro benzene ring substituents is 1. The lowest BCUT2D eigenvalue weighted by Gasteiger charge is -2.10. The zero-order valence-electron chi connectivity index (χ0n) is 9.96. The number of carbonyl (C=O) groups excluding carboxylic acids is 1. The highest BCUT2D eigenvalue weighted by molar-refractivity contribution is 5.85. The van der Waals surface area contributed by atoms with Crippen LogP contribution in [0.5, 0.6) is 0 Å². The first-order chi connectivity index (χ1) is 8.02. The molecule has 6 nitrogen and oxygen atoms in total. The molecule has 0 heterocycles. The predicted octanol–water partition coefficient (Wildman–Crippen LogP) is 1.02. The maximum Gasteiger partial charge on any atom is 0.269 e. The summed E-state index contributed by atoms with van der Waals surface area (Å²) in [6.07, 6.45) is 0.117. The molecule has 0 aliphatic rings. The second-order valence-corrected chi connectivity index (χ2v) is 3.81. The van der Waals surface area contributed by atoms with E-state index in [-0.39, 0.29) is 36.5 Å². The maximum atomic E-state index is 11.5. The molecular weight excluding hydrogens is 258 g/mol. The minimum Gasteiger partial charge on any atom is -0.352 e. The van der Waals surface area contributed by atoms with Crippen molar-refractivity contribution in [1.82, 2.24) is 5.32 Å². The Bertz CT molecular complexity index is 426. The van der Waals surface area contributed by atoms with Crippen LogP contribution in [0.15, 0.2) is 24.3 Å². The molecule has 3 N–H and O–H groups in total. The van der Waals surface area contributed by atoms with Gasteiger partial charge in [0.1, 0.15) is 0 Å². The number of hydrogen-bond acceptors (Lipinski definition) is 4. The Balaban J connectivity index is 0.00000289. The van der Waals surface area contributed by atoms with E-state index >= 15 is 0 Å². The summed E-state index contributed by atoms with van der Waals surface area (Å²) in [7, 11) is 0. The highest BCUT2D eigenvalue weighted by Gasteiger charge is 2.10. The highest BCUT2D eigenvalue weighted by Crippen LogP contribution is 2.13. The average Bonchev–Trinajstić information content (AvgIpc) is 2.28. The van der Waals surface area contributed by atoms with Crippen LogP contribution in [0, 0.1) is 10.1 Å². The topological polar surface area (TPSA) is 98.3 Å². The van der Waals surface area contributed by atoms with Crippen molar-refractivity contribution in [2.24, 2.45) is 5.73 Å². The summed E-state index contributed by atoms with van der Waals surface area (Å²) in [5.41, 5.74) is 5.97. The van der Waals surface area contributed by atoms with E-state index in [9.17, 15) is 14.9 Å². The Labute approximate surface area is 111 Å². The van der Waals surface area contributed by atoms with Crippen LogP contribution in [0.3, 0.4) is 0 Å². The lowest BCUT2D eigenvalue weighted by Crippen LogP contribution is -2.38. The smallest absolute Gasteiger partial charge is 0.269 e. The largest absolute Gasteiger partial charge is 0.352 e. The molecule has 0 fully saturated rings. The van der Waals surface area contributed by atoms with Gasteiger partial charge in [-0.3, -0.25) is 14.9 Å². The third-order valence-corrected chi connectivity index (χ3v) is 2.25. The number of nitrogens with two attached hydrogens (primary N) is 1. The van der Waals surface area contributed by atoms with Gasteiger partial charge in [-0.25, -0.2) is 0 Å². The number of rotatable bonds is 5. The molecule has 0 aliphatic heterocycles. The Morgan fingerprint density at radius 3 is 2.78 bits per heavy atom. The van der Waals surface area contributed by atoms with Crippen molar-refractivity contribution in [3.63, 3.8) is 0 Å². The van der Waals surface area contributed by atoms with Crippen molar-refractivity contribution in [1.29, 1.82) is 0 Å². The molecule has 0 bridgehead atoms. The molecule has 18 heavy (non-hydrogen) atoms. The van der Waals surface area contributed by atoms with Crippen LogP contribution in [0.25, 0.3) is 0 Å². The summed E-state index contributed by atoms with van der Waals surface area (Å²) in [4.78, 5) is 21.6. The van der Waals surface area contributed by atoms with E-state index in [0.29, 0.717) is 12.1 Å². The van der Waals surface area contributed by atoms with Gasteiger partial charge in [0, 0.05) is 24.7 Å². The van der Waals surface area contributed by atoms with Crippen molar-refractivity contribution in [3.05, 3.63) is 39.9 Å². The van der Waals surface area contributed by atoms with Crippen molar-refractivity contribution in [3.8, 4) is 0 Å². The molecule has 0 saturated carbocycles. The van der Waals surface area contributed by atoms with E-state index < -0.39 is 4.92 Å². The number of nitro groups is 1. The fraction of sp³-hybridized carbons (Fsp3) is 0.364. The summed E-state index contributed by atoms with van der Waals surface area (Å²) in [5, 5.41) is 13.2. The lowest BCUT2D eigenvalue weighted by atomic mass is 10.1. The molecule has 0 aromatic heterocycles. The molecule has 1 amide bonds. The van der Waals surface area contributed by atoms with Crippen molar-refractivity contribution in [2.75, 3.05) is 6.54 Å². The zero-order chi connectivity index (χ0) is 12.8. The summed E-state index contributed by atoms with van der Waals surface area (Å²) < 4.78 is 0. The van der Waals surface area contributed by atoms with Crippen molar-refractivity contribution in [2.45, 2.75) is 19.4 Å². The van der Waals surface area contributed by atoms with Gasteiger partial charge in [-0.2, -0.15) is 0 Å². The summed E-state index contributed by atoms with van der Waals surface area (Å²) in [6, 6.07) is 5.94. The Morgan fingerprint density at radius 2 is 2.22 bits per heavy atom. The Morgan fingerprint density at radius 1 is 1.56 bits per heavy atom. The third kappa shape index (κ3) is 5.11. The van der Waals surface area contributed by atoms with Crippen LogP contribution in [0.1, 0.15) is 12.5 Å². The lowest BCUT2D eigenvalue weighted by molar-refractivity contribution is -0.384. The second kappa shape index (κ2) is 7.62. The number of nitrogens with zero attached hydrogens (tertiary/aromatic N) is 1. The minimum atomic E-state index is -0.482. The van der Waals surface area contributed by atoms with E-state index in [1.807, 2.05) is 0 Å². The average molecular weight is 274 g/mol. The first-order valence-corrected chi connectivity index (χ1v) is 5.25. The van der Waals surface area contributed by atoms with Crippen LogP contribution in [0.4, 0.5) is 5.69 Å². The third-order valence-electron chi connectivity index (χ3n) is 2.25. The molecule has 7 heteroatoms. The van der Waals surface area contributed by atoms with Crippen LogP contribution in [-0.2, 0) is 11.2 Å². The quantitative estimate of drug-likeness (QED) is 0.618. The van der Waals surface area contributed by atoms with Crippen molar-refractivity contribution >= 4 is 24.0 Å². The molecular formula is C11H16ClN3O3. The van der Waals surface area contributed by atoms with E-state index in [1.165, 1.54) is 12.1 Å². The monoisotopic (exact) mass is 273 g/mol. The van der Waals surface area contributed by atoms with Gasteiger partial charge in [-0.15, -0.1) is 12.4 Å². The first kappa shape index (κ1) is 16.3. The molecule has 0 unspecified atom stereocenters. The van der Waals surface area contributed by atoms with Gasteiger partial charge in [-0.05, 0) is 12.5 Å². The number of hydrogen-bond donors (Lipinski definition) is 2. The molecule has 100 valence electrons. The second-order valence-electron chi connectivity index (χ2n) is 3.81. The molecule has 1 atom stereocenters. The van der Waals surface area contributed by atoms with Gasteiger partial charge in [-0.1, -0.05) is 12.1 Å². The number of benzene rings is 1. The van der Waals surface area contributed by atoms with Gasteiger partial charge >= 0.3 is 0 Å². The van der Waals surface area contributed by atoms with E-state index in [4.69, 9.17) is 5.73 Å². The normalized spacial score (nSPS) is 11.2. The molecule has 0 spiro atoms. The fourth-order valence-corrected chi connectivity index (χ4v) is 1.35. The summed E-state index contributed by atoms with van der Waals surface area (Å²) in [6.45, 7) is 2.16. The number of nitro benzene ring substituents is 1. The van der Waals surface area contributed by atoms with Crippen LogP contribution >= 0.6 is 12.4 Å². The van der Waals surface area contributed by atoms with E-state index in [0.717, 1.165) is 0 Å². The van der Waals surface area contributed by atoms with Crippen molar-refractivity contribution < 1.29 is 9.72 Å². The molecule has 0 saturated heterocycles. The van der Waals surface area contributed by atoms with E-state index in [2.05, 4.69) is 5.32 Å². The van der Waals surface area contributed by atoms with Gasteiger partial charge < -0.3 is 11.1 Å². The van der Waals surface area contributed by atoms with Gasteiger partial charge in [0.05, 0.1) is 11.3 Å².